The Balaban J connectivity index is 2.07. The van der Waals surface area contributed by atoms with Crippen molar-refractivity contribution in [1.82, 2.24) is 10.6 Å². The second-order valence-electron chi connectivity index (χ2n) is 6.04. The van der Waals surface area contributed by atoms with Crippen LogP contribution >= 0.6 is 0 Å². The third-order valence-electron chi connectivity index (χ3n) is 4.03. The van der Waals surface area contributed by atoms with Crippen LogP contribution < -0.4 is 10.6 Å². The van der Waals surface area contributed by atoms with E-state index in [9.17, 15) is 19.5 Å². The van der Waals surface area contributed by atoms with Gasteiger partial charge in [0.25, 0.3) is 0 Å². The maximum atomic E-state index is 12.0. The number of amides is 2. The second-order valence-corrected chi connectivity index (χ2v) is 6.04. The number of benzene rings is 2. The molecular weight excluding hydrogens is 320 g/mol. The van der Waals surface area contributed by atoms with E-state index in [1.54, 1.807) is 6.92 Å². The molecule has 0 aliphatic carbocycles. The molecule has 132 valence electrons. The fraction of sp³-hybridized carbons (Fsp3) is 0.316. The normalized spacial score (nSPS) is 13.0. The zero-order valence-electron chi connectivity index (χ0n) is 14.3. The molecule has 0 saturated carbocycles. The highest BCUT2D eigenvalue weighted by molar-refractivity contribution is 5.87. The van der Waals surface area contributed by atoms with Crippen LogP contribution in [0, 0.1) is 5.92 Å². The Bertz CT molecular complexity index is 783. The number of rotatable bonds is 7. The van der Waals surface area contributed by atoms with Crippen LogP contribution in [-0.4, -0.2) is 35.5 Å². The molecule has 0 saturated heterocycles. The Morgan fingerprint density at radius 3 is 2.44 bits per heavy atom. The van der Waals surface area contributed by atoms with Gasteiger partial charge in [-0.2, -0.15) is 0 Å². The molecular formula is C19H22N2O4. The number of carbonyl (C=O) groups excluding carboxylic acids is 2. The van der Waals surface area contributed by atoms with Crippen LogP contribution in [-0.2, 0) is 20.8 Å². The van der Waals surface area contributed by atoms with Gasteiger partial charge < -0.3 is 15.7 Å². The van der Waals surface area contributed by atoms with Crippen LogP contribution in [0.5, 0.6) is 0 Å². The minimum atomic E-state index is -0.972. The first-order valence-electron chi connectivity index (χ1n) is 8.12. The zero-order chi connectivity index (χ0) is 18.4. The SMILES string of the molecule is CC(=O)NC(C)C(=O)NCC(Cc1cccc2ccccc12)C(=O)O. The number of fused-ring (bicyclic) bond motifs is 1. The summed E-state index contributed by atoms with van der Waals surface area (Å²) in [6.45, 7) is 2.88. The highest BCUT2D eigenvalue weighted by Gasteiger charge is 2.21. The Labute approximate surface area is 146 Å². The fourth-order valence-corrected chi connectivity index (χ4v) is 2.73. The van der Waals surface area contributed by atoms with Crippen LogP contribution in [0.25, 0.3) is 10.8 Å². The summed E-state index contributed by atoms with van der Waals surface area (Å²) in [5, 5.41) is 16.6. The summed E-state index contributed by atoms with van der Waals surface area (Å²) in [5.41, 5.74) is 0.926. The molecule has 2 atom stereocenters. The molecule has 2 amide bonds. The van der Waals surface area contributed by atoms with Crippen molar-refractivity contribution in [2.45, 2.75) is 26.3 Å². The van der Waals surface area contributed by atoms with Gasteiger partial charge in [0.05, 0.1) is 5.92 Å². The summed E-state index contributed by atoms with van der Waals surface area (Å²) >= 11 is 0. The van der Waals surface area contributed by atoms with E-state index >= 15 is 0 Å². The van der Waals surface area contributed by atoms with Gasteiger partial charge in [0.1, 0.15) is 6.04 Å². The summed E-state index contributed by atoms with van der Waals surface area (Å²) in [6, 6.07) is 12.9. The summed E-state index contributed by atoms with van der Waals surface area (Å²) in [4.78, 5) is 34.5. The van der Waals surface area contributed by atoms with Crippen molar-refractivity contribution in [3.05, 3.63) is 48.0 Å². The average Bonchev–Trinajstić information content (AvgIpc) is 2.57. The van der Waals surface area contributed by atoms with Crippen LogP contribution in [0.1, 0.15) is 19.4 Å². The van der Waals surface area contributed by atoms with Crippen LogP contribution in [0.15, 0.2) is 42.5 Å². The molecule has 6 heteroatoms. The molecule has 0 aliphatic rings. The van der Waals surface area contributed by atoms with Gasteiger partial charge in [-0.25, -0.2) is 0 Å². The molecule has 2 unspecified atom stereocenters. The number of carboxylic acids is 1. The molecule has 2 aromatic carbocycles. The molecule has 6 nitrogen and oxygen atoms in total. The van der Waals surface area contributed by atoms with Crippen molar-refractivity contribution >= 4 is 28.6 Å². The first kappa shape index (κ1) is 18.4. The van der Waals surface area contributed by atoms with Crippen molar-refractivity contribution in [2.75, 3.05) is 6.54 Å². The van der Waals surface area contributed by atoms with Gasteiger partial charge >= 0.3 is 5.97 Å². The van der Waals surface area contributed by atoms with E-state index in [-0.39, 0.29) is 12.5 Å². The lowest BCUT2D eigenvalue weighted by molar-refractivity contribution is -0.141. The van der Waals surface area contributed by atoms with Crippen molar-refractivity contribution in [1.29, 1.82) is 0 Å². The largest absolute Gasteiger partial charge is 0.481 e. The third kappa shape index (κ3) is 5.04. The summed E-state index contributed by atoms with van der Waals surface area (Å²) in [6.07, 6.45) is 0.311. The monoisotopic (exact) mass is 342 g/mol. The smallest absolute Gasteiger partial charge is 0.308 e. The van der Waals surface area contributed by atoms with E-state index < -0.39 is 23.8 Å². The number of hydrogen-bond acceptors (Lipinski definition) is 3. The molecule has 2 aromatic rings. The first-order valence-corrected chi connectivity index (χ1v) is 8.12. The molecule has 0 fully saturated rings. The van der Waals surface area contributed by atoms with Crippen LogP contribution in [0.4, 0.5) is 0 Å². The van der Waals surface area contributed by atoms with E-state index in [0.717, 1.165) is 16.3 Å². The van der Waals surface area contributed by atoms with E-state index in [0.29, 0.717) is 6.42 Å². The van der Waals surface area contributed by atoms with Crippen LogP contribution in [0.2, 0.25) is 0 Å². The van der Waals surface area contributed by atoms with Gasteiger partial charge in [-0.3, -0.25) is 14.4 Å². The predicted molar refractivity (Wildman–Crippen MR) is 95.1 cm³/mol. The number of carboxylic acid groups (broad SMARTS) is 1. The molecule has 0 aromatic heterocycles. The quantitative estimate of drug-likeness (QED) is 0.714. The molecule has 0 heterocycles. The Kier molecular flexibility index (Phi) is 6.11. The highest BCUT2D eigenvalue weighted by Crippen LogP contribution is 2.21. The summed E-state index contributed by atoms with van der Waals surface area (Å²) in [5.74, 6) is -2.44. The molecule has 3 N–H and O–H groups in total. The molecule has 0 radical (unpaired) electrons. The Morgan fingerprint density at radius 2 is 1.76 bits per heavy atom. The van der Waals surface area contributed by atoms with E-state index in [1.165, 1.54) is 6.92 Å². The van der Waals surface area contributed by atoms with Gasteiger partial charge in [-0.15, -0.1) is 0 Å². The van der Waals surface area contributed by atoms with E-state index in [4.69, 9.17) is 0 Å². The first-order chi connectivity index (χ1) is 11.9. The lowest BCUT2D eigenvalue weighted by Crippen LogP contribution is -2.46. The lowest BCUT2D eigenvalue weighted by atomic mass is 9.94. The molecule has 0 bridgehead atoms. The highest BCUT2D eigenvalue weighted by atomic mass is 16.4. The maximum absolute atomic E-state index is 12.0. The number of aliphatic carboxylic acids is 1. The van der Waals surface area contributed by atoms with E-state index in [2.05, 4.69) is 10.6 Å². The predicted octanol–water partition coefficient (Wildman–Crippen LogP) is 1.72. The minimum absolute atomic E-state index is 0.00130. The number of hydrogen-bond donors (Lipinski definition) is 3. The molecule has 0 aliphatic heterocycles. The zero-order valence-corrected chi connectivity index (χ0v) is 14.3. The molecule has 25 heavy (non-hydrogen) atoms. The minimum Gasteiger partial charge on any atom is -0.481 e. The van der Waals surface area contributed by atoms with Crippen molar-refractivity contribution in [2.24, 2.45) is 5.92 Å². The molecule has 2 rings (SSSR count). The fourth-order valence-electron chi connectivity index (χ4n) is 2.73. The topological polar surface area (TPSA) is 95.5 Å². The summed E-state index contributed by atoms with van der Waals surface area (Å²) < 4.78 is 0. The second kappa shape index (κ2) is 8.28. The van der Waals surface area contributed by atoms with Gasteiger partial charge in [0.15, 0.2) is 0 Å². The summed E-state index contributed by atoms with van der Waals surface area (Å²) in [7, 11) is 0. The van der Waals surface area contributed by atoms with Crippen LogP contribution in [0.3, 0.4) is 0 Å². The molecule has 0 spiro atoms. The Morgan fingerprint density at radius 1 is 1.08 bits per heavy atom. The third-order valence-corrected chi connectivity index (χ3v) is 4.03. The van der Waals surface area contributed by atoms with E-state index in [1.807, 2.05) is 42.5 Å². The lowest BCUT2D eigenvalue weighted by Gasteiger charge is -2.17. The van der Waals surface area contributed by atoms with Gasteiger partial charge in [-0.1, -0.05) is 42.5 Å². The standard InChI is InChI=1S/C19H22N2O4/c1-12(21-13(2)22)18(23)20-11-16(19(24)25)10-15-8-5-7-14-6-3-4-9-17(14)15/h3-9,12,16H,10-11H2,1-2H3,(H,20,23)(H,21,22)(H,24,25). The number of carbonyl (C=O) groups is 3. The van der Waals surface area contributed by atoms with Gasteiger partial charge in [0.2, 0.25) is 11.8 Å². The van der Waals surface area contributed by atoms with Gasteiger partial charge in [0, 0.05) is 13.5 Å². The van der Waals surface area contributed by atoms with Crippen molar-refractivity contribution < 1.29 is 19.5 Å². The average molecular weight is 342 g/mol. The van der Waals surface area contributed by atoms with Crippen molar-refractivity contribution in [3.8, 4) is 0 Å². The Hall–Kier alpha value is -2.89. The maximum Gasteiger partial charge on any atom is 0.308 e. The van der Waals surface area contributed by atoms with Gasteiger partial charge in [-0.05, 0) is 29.7 Å². The van der Waals surface area contributed by atoms with Crippen molar-refractivity contribution in [3.63, 3.8) is 0 Å². The number of nitrogens with one attached hydrogen (secondary N) is 2.